The second kappa shape index (κ2) is 3.88. The van der Waals surface area contributed by atoms with Crippen molar-refractivity contribution in [3.63, 3.8) is 0 Å². The lowest BCUT2D eigenvalue weighted by Crippen LogP contribution is -2.10. The van der Waals surface area contributed by atoms with Crippen molar-refractivity contribution >= 4 is 23.7 Å². The summed E-state index contributed by atoms with van der Waals surface area (Å²) < 4.78 is 1.99. The number of nitrogens with two attached hydrogens (primary N) is 1. The van der Waals surface area contributed by atoms with E-state index >= 15 is 0 Å². The molecule has 4 atom stereocenters. The Labute approximate surface area is 114 Å². The molecule has 6 nitrogen and oxygen atoms in total. The zero-order chi connectivity index (χ0) is 13.1. The highest BCUT2D eigenvalue weighted by Gasteiger charge is 2.66. The van der Waals surface area contributed by atoms with E-state index in [-0.39, 0.29) is 5.75 Å². The van der Waals surface area contributed by atoms with E-state index in [1.165, 1.54) is 31.0 Å². The van der Waals surface area contributed by atoms with E-state index in [0.717, 1.165) is 23.7 Å². The molecule has 0 radical (unpaired) electrons. The molecule has 0 aliphatic heterocycles. The fourth-order valence-corrected chi connectivity index (χ4v) is 5.12. The van der Waals surface area contributed by atoms with Crippen LogP contribution in [0.4, 0.5) is 5.95 Å². The van der Waals surface area contributed by atoms with Crippen LogP contribution in [0, 0.1) is 23.7 Å². The molecule has 4 unspecified atom stereocenters. The molecule has 3 N–H and O–H groups in total. The summed E-state index contributed by atoms with van der Waals surface area (Å²) in [4.78, 5) is 10.7. The van der Waals surface area contributed by atoms with Crippen molar-refractivity contribution < 1.29 is 9.90 Å². The van der Waals surface area contributed by atoms with Gasteiger partial charge in [0.2, 0.25) is 5.95 Å². The first-order valence-electron chi connectivity index (χ1n) is 6.72. The predicted molar refractivity (Wildman–Crippen MR) is 69.6 cm³/mol. The molecule has 7 heteroatoms. The summed E-state index contributed by atoms with van der Waals surface area (Å²) in [6.45, 7) is 0. The fraction of sp³-hybridized carbons (Fsp3) is 0.750. The number of carbonyl (C=O) groups is 1. The van der Waals surface area contributed by atoms with Gasteiger partial charge in [-0.05, 0) is 42.9 Å². The Hall–Kier alpha value is -1.24. The van der Waals surface area contributed by atoms with Gasteiger partial charge in [0.25, 0.3) is 0 Å². The third kappa shape index (κ3) is 1.60. The number of hydrogen-bond donors (Lipinski definition) is 2. The summed E-state index contributed by atoms with van der Waals surface area (Å²) in [7, 11) is 0. The zero-order valence-electron chi connectivity index (χ0n) is 10.4. The monoisotopic (exact) mass is 280 g/mol. The van der Waals surface area contributed by atoms with Gasteiger partial charge in [-0.15, -0.1) is 10.2 Å². The number of hydrogen-bond acceptors (Lipinski definition) is 5. The van der Waals surface area contributed by atoms with Crippen molar-refractivity contribution in [2.75, 3.05) is 11.5 Å². The average molecular weight is 280 g/mol. The fourth-order valence-electron chi connectivity index (χ4n) is 4.42. The summed E-state index contributed by atoms with van der Waals surface area (Å²) in [5.41, 5.74) is 5.93. The van der Waals surface area contributed by atoms with Gasteiger partial charge in [-0.1, -0.05) is 11.8 Å². The first-order valence-corrected chi connectivity index (χ1v) is 7.70. The van der Waals surface area contributed by atoms with Crippen molar-refractivity contribution in [3.8, 4) is 0 Å². The Bertz CT molecular complexity index is 530. The van der Waals surface area contributed by atoms with E-state index in [0.29, 0.717) is 17.1 Å². The SMILES string of the molecule is Nc1nnc(SCC(=O)O)n1C1C2C3CCC(C3)C21. The van der Waals surface area contributed by atoms with Gasteiger partial charge in [-0.2, -0.15) is 0 Å². The van der Waals surface area contributed by atoms with Crippen LogP contribution in [-0.4, -0.2) is 31.6 Å². The summed E-state index contributed by atoms with van der Waals surface area (Å²) in [5, 5.41) is 17.4. The Kier molecular flexibility index (Phi) is 2.36. The van der Waals surface area contributed by atoms with Gasteiger partial charge >= 0.3 is 5.97 Å². The van der Waals surface area contributed by atoms with Crippen molar-refractivity contribution in [2.45, 2.75) is 30.5 Å². The van der Waals surface area contributed by atoms with Gasteiger partial charge < -0.3 is 10.8 Å². The minimum absolute atomic E-state index is 0.00699. The zero-order valence-corrected chi connectivity index (χ0v) is 11.2. The van der Waals surface area contributed by atoms with Gasteiger partial charge in [0.05, 0.1) is 5.75 Å². The molecule has 3 aliphatic rings. The van der Waals surface area contributed by atoms with Crippen LogP contribution in [0.25, 0.3) is 0 Å². The third-order valence-electron chi connectivity index (χ3n) is 5.01. The minimum atomic E-state index is -0.839. The highest BCUT2D eigenvalue weighted by molar-refractivity contribution is 7.99. The molecular weight excluding hydrogens is 264 g/mol. The minimum Gasteiger partial charge on any atom is -0.481 e. The summed E-state index contributed by atoms with van der Waals surface area (Å²) in [6, 6.07) is 0.428. The molecule has 19 heavy (non-hydrogen) atoms. The van der Waals surface area contributed by atoms with Crippen LogP contribution >= 0.6 is 11.8 Å². The molecular formula is C12H16N4O2S. The maximum absolute atomic E-state index is 10.7. The maximum Gasteiger partial charge on any atom is 0.313 e. The number of aromatic nitrogens is 3. The number of nitrogen functional groups attached to an aromatic ring is 1. The molecule has 102 valence electrons. The maximum atomic E-state index is 10.7. The van der Waals surface area contributed by atoms with E-state index in [9.17, 15) is 4.79 Å². The molecule has 0 spiro atoms. The smallest absolute Gasteiger partial charge is 0.313 e. The topological polar surface area (TPSA) is 94.0 Å². The molecule has 1 aromatic rings. The van der Waals surface area contributed by atoms with Crippen LogP contribution in [0.2, 0.25) is 0 Å². The molecule has 4 rings (SSSR count). The summed E-state index contributed by atoms with van der Waals surface area (Å²) in [6.07, 6.45) is 4.08. The number of anilines is 1. The van der Waals surface area contributed by atoms with Gasteiger partial charge in [-0.3, -0.25) is 9.36 Å². The lowest BCUT2D eigenvalue weighted by Gasteiger charge is -2.12. The van der Waals surface area contributed by atoms with Crippen molar-refractivity contribution in [1.82, 2.24) is 14.8 Å². The van der Waals surface area contributed by atoms with E-state index < -0.39 is 5.97 Å². The summed E-state index contributed by atoms with van der Waals surface area (Å²) >= 11 is 1.22. The number of carboxylic acid groups (broad SMARTS) is 1. The average Bonchev–Trinajstić information content (AvgIpc) is 2.75. The highest BCUT2D eigenvalue weighted by atomic mass is 32.2. The lowest BCUT2D eigenvalue weighted by atomic mass is 10.0. The Morgan fingerprint density at radius 2 is 2.05 bits per heavy atom. The summed E-state index contributed by atoms with van der Waals surface area (Å²) in [5.74, 6) is 2.77. The molecule has 0 amide bonds. The van der Waals surface area contributed by atoms with Crippen molar-refractivity contribution in [2.24, 2.45) is 23.7 Å². The second-order valence-corrected chi connectivity index (χ2v) is 6.81. The van der Waals surface area contributed by atoms with E-state index in [1.54, 1.807) is 0 Å². The number of carboxylic acids is 1. The van der Waals surface area contributed by atoms with Crippen LogP contribution in [0.5, 0.6) is 0 Å². The Balaban J connectivity index is 1.59. The van der Waals surface area contributed by atoms with E-state index in [4.69, 9.17) is 10.8 Å². The molecule has 2 bridgehead atoms. The number of fused-ring (bicyclic) bond motifs is 5. The van der Waals surface area contributed by atoms with Gasteiger partial charge in [0, 0.05) is 6.04 Å². The predicted octanol–water partition coefficient (Wildman–Crippen LogP) is 1.25. The molecule has 1 aromatic heterocycles. The molecule has 3 fully saturated rings. The van der Waals surface area contributed by atoms with Crippen molar-refractivity contribution in [3.05, 3.63) is 0 Å². The molecule has 3 aliphatic carbocycles. The second-order valence-electron chi connectivity index (χ2n) is 5.87. The highest BCUT2D eigenvalue weighted by Crippen LogP contribution is 2.72. The normalized spacial score (nSPS) is 38.4. The van der Waals surface area contributed by atoms with Gasteiger partial charge in [0.15, 0.2) is 5.16 Å². The van der Waals surface area contributed by atoms with E-state index in [1.807, 2.05) is 4.57 Å². The number of rotatable bonds is 4. The number of thioether (sulfide) groups is 1. The Morgan fingerprint density at radius 3 is 2.68 bits per heavy atom. The molecule has 3 saturated carbocycles. The molecule has 0 aromatic carbocycles. The van der Waals surface area contributed by atoms with Crippen molar-refractivity contribution in [1.29, 1.82) is 0 Å². The van der Waals surface area contributed by atoms with Gasteiger partial charge in [-0.25, -0.2) is 0 Å². The molecule has 0 saturated heterocycles. The number of aliphatic carboxylic acids is 1. The number of nitrogens with zero attached hydrogens (tertiary/aromatic N) is 3. The van der Waals surface area contributed by atoms with Crippen LogP contribution in [0.15, 0.2) is 5.16 Å². The largest absolute Gasteiger partial charge is 0.481 e. The quantitative estimate of drug-likeness (QED) is 0.806. The van der Waals surface area contributed by atoms with Crippen LogP contribution in [0.1, 0.15) is 25.3 Å². The lowest BCUT2D eigenvalue weighted by molar-refractivity contribution is -0.133. The van der Waals surface area contributed by atoms with Gasteiger partial charge in [0.1, 0.15) is 0 Å². The standard InChI is InChI=1S/C12H16N4O2S/c13-11-14-15-12(19-4-7(17)18)16(11)10-8-5-1-2-6(3-5)9(8)10/h5-6,8-10H,1-4H2,(H2,13,14)(H,17,18). The van der Waals surface area contributed by atoms with E-state index in [2.05, 4.69) is 10.2 Å². The van der Waals surface area contributed by atoms with Crippen LogP contribution in [-0.2, 0) is 4.79 Å². The van der Waals surface area contributed by atoms with Crippen LogP contribution in [0.3, 0.4) is 0 Å². The molecule has 1 heterocycles. The third-order valence-corrected chi connectivity index (χ3v) is 5.94. The van der Waals surface area contributed by atoms with Crippen LogP contribution < -0.4 is 5.73 Å². The first kappa shape index (κ1) is 11.6. The first-order chi connectivity index (χ1) is 9.16. The Morgan fingerprint density at radius 1 is 1.37 bits per heavy atom.